The van der Waals surface area contributed by atoms with Crippen molar-refractivity contribution in [2.24, 2.45) is 0 Å². The van der Waals surface area contributed by atoms with Crippen molar-refractivity contribution in [3.63, 3.8) is 0 Å². The number of carbonyl (C=O) groups excluding carboxylic acids is 1. The first kappa shape index (κ1) is 11.9. The van der Waals surface area contributed by atoms with Crippen LogP contribution in [0.4, 0.5) is 0 Å². The lowest BCUT2D eigenvalue weighted by Crippen LogP contribution is -2.07. The first-order valence-corrected chi connectivity index (χ1v) is 5.47. The van der Waals surface area contributed by atoms with Crippen molar-refractivity contribution in [3.8, 4) is 11.8 Å². The number of rotatable bonds is 3. The number of nitriles is 1. The van der Waals surface area contributed by atoms with Crippen LogP contribution in [0.5, 0.6) is 0 Å². The summed E-state index contributed by atoms with van der Waals surface area (Å²) < 4.78 is 6.47. The van der Waals surface area contributed by atoms with E-state index < -0.39 is 5.97 Å². The smallest absolute Gasteiger partial charge is 0.338 e. The van der Waals surface area contributed by atoms with Gasteiger partial charge in [0, 0.05) is 12.4 Å². The highest BCUT2D eigenvalue weighted by Crippen LogP contribution is 2.16. The predicted molar refractivity (Wildman–Crippen MR) is 64.2 cm³/mol. The van der Waals surface area contributed by atoms with E-state index in [1.807, 2.05) is 0 Å². The Labute approximate surface area is 104 Å². The van der Waals surface area contributed by atoms with Crippen LogP contribution in [0.1, 0.15) is 22.8 Å². The van der Waals surface area contributed by atoms with E-state index in [1.165, 1.54) is 0 Å². The van der Waals surface area contributed by atoms with Crippen molar-refractivity contribution in [2.45, 2.75) is 6.92 Å². The molecule has 0 aliphatic carbocycles. The molecule has 0 saturated heterocycles. The Kier molecular flexibility index (Phi) is 3.39. The van der Waals surface area contributed by atoms with Crippen LogP contribution in [0.25, 0.3) is 5.69 Å². The van der Waals surface area contributed by atoms with Gasteiger partial charge in [0.25, 0.3) is 0 Å². The summed E-state index contributed by atoms with van der Waals surface area (Å²) >= 11 is 0. The number of hydrogen-bond donors (Lipinski definition) is 0. The van der Waals surface area contributed by atoms with Gasteiger partial charge < -0.3 is 4.74 Å². The molecule has 0 N–H and O–H groups in total. The fraction of sp³-hybridized carbons (Fsp3) is 0.154. The predicted octanol–water partition coefficient (Wildman–Crippen LogP) is 1.92. The molecule has 0 atom stereocenters. The average Bonchev–Trinajstić information content (AvgIpc) is 2.92. The van der Waals surface area contributed by atoms with Gasteiger partial charge in [0.2, 0.25) is 0 Å². The molecule has 0 aliphatic rings. The average molecular weight is 241 g/mol. The molecular weight excluding hydrogens is 230 g/mol. The highest BCUT2D eigenvalue weighted by molar-refractivity contribution is 5.90. The highest BCUT2D eigenvalue weighted by Gasteiger charge is 2.11. The lowest BCUT2D eigenvalue weighted by molar-refractivity contribution is 0.0526. The van der Waals surface area contributed by atoms with Crippen LogP contribution < -0.4 is 0 Å². The van der Waals surface area contributed by atoms with Gasteiger partial charge in [-0.15, -0.1) is 0 Å². The molecule has 0 amide bonds. The number of hydrogen-bond acceptors (Lipinski definition) is 4. The van der Waals surface area contributed by atoms with Crippen LogP contribution in [-0.2, 0) is 4.74 Å². The molecule has 2 rings (SSSR count). The van der Waals surface area contributed by atoms with Crippen molar-refractivity contribution in [1.29, 1.82) is 5.26 Å². The Bertz CT molecular complexity index is 597. The van der Waals surface area contributed by atoms with Crippen LogP contribution in [0.2, 0.25) is 0 Å². The van der Waals surface area contributed by atoms with Crippen LogP contribution in [0.3, 0.4) is 0 Å². The highest BCUT2D eigenvalue weighted by atomic mass is 16.5. The number of ether oxygens (including phenoxy) is 1. The van der Waals surface area contributed by atoms with Gasteiger partial charge in [-0.3, -0.25) is 0 Å². The van der Waals surface area contributed by atoms with Gasteiger partial charge in [0.15, 0.2) is 0 Å². The molecule has 2 aromatic rings. The summed E-state index contributed by atoms with van der Waals surface area (Å²) in [4.78, 5) is 11.6. The van der Waals surface area contributed by atoms with E-state index in [0.717, 1.165) is 0 Å². The van der Waals surface area contributed by atoms with Crippen LogP contribution in [0.15, 0.2) is 36.7 Å². The summed E-state index contributed by atoms with van der Waals surface area (Å²) in [5.74, 6) is -0.407. The van der Waals surface area contributed by atoms with Gasteiger partial charge in [0.1, 0.15) is 6.07 Å². The Morgan fingerprint density at radius 3 is 3.00 bits per heavy atom. The zero-order valence-electron chi connectivity index (χ0n) is 9.83. The van der Waals surface area contributed by atoms with Gasteiger partial charge in [-0.2, -0.15) is 10.4 Å². The number of aromatic nitrogens is 2. The summed E-state index contributed by atoms with van der Waals surface area (Å²) in [6, 6.07) is 8.58. The zero-order chi connectivity index (χ0) is 13.0. The second-order valence-electron chi connectivity index (χ2n) is 3.51. The molecule has 1 aromatic heterocycles. The Balaban J connectivity index is 2.47. The standard InChI is InChI=1S/C13H11N3O2/c1-2-18-13(17)10-4-5-11(9-14)12(8-10)16-7-3-6-15-16/h3-8H,2H2,1H3. The van der Waals surface area contributed by atoms with Crippen LogP contribution in [-0.4, -0.2) is 22.4 Å². The maximum absolute atomic E-state index is 11.6. The largest absolute Gasteiger partial charge is 0.462 e. The lowest BCUT2D eigenvalue weighted by Gasteiger charge is -2.07. The molecule has 5 heteroatoms. The maximum atomic E-state index is 11.6. The van der Waals surface area contributed by atoms with E-state index >= 15 is 0 Å². The topological polar surface area (TPSA) is 67.9 Å². The molecule has 0 saturated carbocycles. The minimum Gasteiger partial charge on any atom is -0.462 e. The van der Waals surface area contributed by atoms with E-state index in [0.29, 0.717) is 23.4 Å². The lowest BCUT2D eigenvalue weighted by atomic mass is 10.1. The van der Waals surface area contributed by atoms with Crippen molar-refractivity contribution >= 4 is 5.97 Å². The Morgan fingerprint density at radius 2 is 2.39 bits per heavy atom. The minimum atomic E-state index is -0.407. The van der Waals surface area contributed by atoms with Crippen LogP contribution >= 0.6 is 0 Å². The monoisotopic (exact) mass is 241 g/mol. The van der Waals surface area contributed by atoms with Gasteiger partial charge in [-0.1, -0.05) is 0 Å². The number of nitrogens with zero attached hydrogens (tertiary/aromatic N) is 3. The third kappa shape index (κ3) is 2.23. The molecule has 1 heterocycles. The molecule has 0 spiro atoms. The molecule has 90 valence electrons. The summed E-state index contributed by atoms with van der Waals surface area (Å²) in [5.41, 5.74) is 1.42. The van der Waals surface area contributed by atoms with Crippen molar-refractivity contribution < 1.29 is 9.53 Å². The first-order valence-electron chi connectivity index (χ1n) is 5.47. The van der Waals surface area contributed by atoms with Crippen molar-refractivity contribution in [1.82, 2.24) is 9.78 Å². The van der Waals surface area contributed by atoms with Gasteiger partial charge in [0.05, 0.1) is 23.4 Å². The fourth-order valence-electron chi connectivity index (χ4n) is 1.57. The fourth-order valence-corrected chi connectivity index (χ4v) is 1.57. The second kappa shape index (κ2) is 5.15. The second-order valence-corrected chi connectivity index (χ2v) is 3.51. The summed E-state index contributed by atoms with van der Waals surface area (Å²) in [6.45, 7) is 2.06. The van der Waals surface area contributed by atoms with Gasteiger partial charge >= 0.3 is 5.97 Å². The summed E-state index contributed by atoms with van der Waals surface area (Å²) in [5, 5.41) is 13.1. The van der Waals surface area contributed by atoms with Gasteiger partial charge in [-0.05, 0) is 31.2 Å². The van der Waals surface area contributed by atoms with Gasteiger partial charge in [-0.25, -0.2) is 9.48 Å². The molecule has 0 radical (unpaired) electrons. The number of carbonyl (C=O) groups is 1. The van der Waals surface area contributed by atoms with E-state index in [-0.39, 0.29) is 0 Å². The minimum absolute atomic E-state index is 0.315. The number of esters is 1. The molecule has 0 fully saturated rings. The molecule has 0 unspecified atom stereocenters. The van der Waals surface area contributed by atoms with E-state index in [1.54, 1.807) is 48.3 Å². The molecular formula is C13H11N3O2. The van der Waals surface area contributed by atoms with E-state index in [2.05, 4.69) is 11.2 Å². The molecule has 18 heavy (non-hydrogen) atoms. The zero-order valence-corrected chi connectivity index (χ0v) is 9.83. The third-order valence-electron chi connectivity index (χ3n) is 2.38. The Morgan fingerprint density at radius 1 is 1.56 bits per heavy atom. The molecule has 0 aliphatic heterocycles. The van der Waals surface area contributed by atoms with Crippen molar-refractivity contribution in [3.05, 3.63) is 47.8 Å². The first-order chi connectivity index (χ1) is 8.76. The summed E-state index contributed by atoms with van der Waals surface area (Å²) in [6.07, 6.45) is 3.32. The third-order valence-corrected chi connectivity index (χ3v) is 2.38. The van der Waals surface area contributed by atoms with Crippen molar-refractivity contribution in [2.75, 3.05) is 6.61 Å². The van der Waals surface area contributed by atoms with E-state index in [4.69, 9.17) is 10.00 Å². The quantitative estimate of drug-likeness (QED) is 0.770. The summed E-state index contributed by atoms with van der Waals surface area (Å²) in [7, 11) is 0. The molecule has 0 bridgehead atoms. The normalized spacial score (nSPS) is 9.78. The SMILES string of the molecule is CCOC(=O)c1ccc(C#N)c(-n2cccn2)c1. The van der Waals surface area contributed by atoms with Crippen LogP contribution in [0, 0.1) is 11.3 Å². The molecule has 5 nitrogen and oxygen atoms in total. The maximum Gasteiger partial charge on any atom is 0.338 e. The Hall–Kier alpha value is -2.61. The van der Waals surface area contributed by atoms with E-state index in [9.17, 15) is 4.79 Å². The number of benzene rings is 1. The molecule has 1 aromatic carbocycles.